The first-order chi connectivity index (χ1) is 19.2. The molecule has 1 aliphatic carbocycles. The molecule has 0 saturated heterocycles. The minimum Gasteiger partial charge on any atom is -0.457 e. The van der Waals surface area contributed by atoms with Crippen molar-refractivity contribution in [1.29, 1.82) is 4.78 Å². The minimum atomic E-state index is -4.91. The molecule has 0 radical (unpaired) electrons. The van der Waals surface area contributed by atoms with E-state index >= 15 is 0 Å². The smallest absolute Gasteiger partial charge is 0.457 e. The second-order valence-electron chi connectivity index (χ2n) is 9.82. The Morgan fingerprint density at radius 3 is 2.24 bits per heavy atom. The Balaban J connectivity index is 1.37. The van der Waals surface area contributed by atoms with Crippen molar-refractivity contribution in [2.45, 2.75) is 60.9 Å². The third-order valence-corrected chi connectivity index (χ3v) is 8.61. The first-order valence-corrected chi connectivity index (χ1v) is 14.1. The van der Waals surface area contributed by atoms with Crippen LogP contribution in [-0.2, 0) is 16.1 Å². The topological polar surface area (TPSA) is 104 Å². The molecule has 5 rings (SSSR count). The lowest BCUT2D eigenvalue weighted by Crippen LogP contribution is -2.56. The van der Waals surface area contributed by atoms with Crippen LogP contribution in [0.3, 0.4) is 0 Å². The highest BCUT2D eigenvalue weighted by Crippen LogP contribution is 2.45. The zero-order valence-corrected chi connectivity index (χ0v) is 21.9. The van der Waals surface area contributed by atoms with E-state index in [-0.39, 0.29) is 16.2 Å². The average molecular weight is 602 g/mol. The summed E-state index contributed by atoms with van der Waals surface area (Å²) in [6, 6.07) is 11.8. The highest BCUT2D eigenvalue weighted by atomic mass is 32.2. The largest absolute Gasteiger partial charge is 0.573 e. The van der Waals surface area contributed by atoms with Crippen molar-refractivity contribution in [3.63, 3.8) is 0 Å². The lowest BCUT2D eigenvalue weighted by Gasteiger charge is -2.39. The fraction of sp³-hybridized carbons (Fsp3) is 0.333. The predicted octanol–water partition coefficient (Wildman–Crippen LogP) is 6.28. The zero-order chi connectivity index (χ0) is 29.6. The molecule has 4 N–H and O–H groups in total. The van der Waals surface area contributed by atoms with Gasteiger partial charge in [0, 0.05) is 23.2 Å². The molecule has 3 aromatic rings. The molecule has 1 fully saturated rings. The molecule has 0 spiro atoms. The summed E-state index contributed by atoms with van der Waals surface area (Å²) in [5.74, 6) is 0.148. The molecule has 0 aromatic heterocycles. The van der Waals surface area contributed by atoms with Crippen LogP contribution in [-0.4, -0.2) is 33.9 Å². The number of halogens is 6. The van der Waals surface area contributed by atoms with Crippen LogP contribution < -0.4 is 19.5 Å². The molecule has 220 valence electrons. The molecule has 0 bridgehead atoms. The van der Waals surface area contributed by atoms with E-state index in [2.05, 4.69) is 14.8 Å². The van der Waals surface area contributed by atoms with Gasteiger partial charge in [0.15, 0.2) is 0 Å². The summed E-state index contributed by atoms with van der Waals surface area (Å²) in [6.45, 7) is 0. The summed E-state index contributed by atoms with van der Waals surface area (Å²) in [5, 5.41) is 14.5. The summed E-state index contributed by atoms with van der Waals surface area (Å²) < 4.78 is 112. The first-order valence-electron chi connectivity index (χ1n) is 12.6. The number of hydrogen-bond acceptors (Lipinski definition) is 6. The van der Waals surface area contributed by atoms with Crippen molar-refractivity contribution < 1.29 is 45.1 Å². The summed E-state index contributed by atoms with van der Waals surface area (Å²) in [5.41, 5.74) is -0.0336. The Hall–Kier alpha value is -3.33. The molecule has 5 unspecified atom stereocenters. The SMILES string of the molecule is N=S(=O)(NC1CCCC(NC2c3ccccc3Oc3ccc(C(F)(F)F)cc32)C1O)c1ccc(OC(F)(F)F)cc1. The fourth-order valence-electron chi connectivity index (χ4n) is 5.14. The van der Waals surface area contributed by atoms with Crippen molar-refractivity contribution >= 4 is 9.92 Å². The lowest BCUT2D eigenvalue weighted by molar-refractivity contribution is -0.274. The van der Waals surface area contributed by atoms with Gasteiger partial charge in [0.25, 0.3) is 0 Å². The van der Waals surface area contributed by atoms with Gasteiger partial charge in [-0.2, -0.15) is 13.2 Å². The summed E-state index contributed by atoms with van der Waals surface area (Å²) in [7, 11) is -3.75. The van der Waals surface area contributed by atoms with E-state index < -0.39 is 58.0 Å². The van der Waals surface area contributed by atoms with Crippen LogP contribution in [0.15, 0.2) is 71.6 Å². The molecule has 41 heavy (non-hydrogen) atoms. The Morgan fingerprint density at radius 2 is 1.56 bits per heavy atom. The van der Waals surface area contributed by atoms with Crippen molar-refractivity contribution in [2.24, 2.45) is 0 Å². The second kappa shape index (κ2) is 10.8. The molecule has 14 heteroatoms. The molecular formula is C27H25F6N3O4S. The van der Waals surface area contributed by atoms with Crippen LogP contribution in [0.5, 0.6) is 17.2 Å². The Bertz CT molecular complexity index is 1510. The standard InChI is InChI=1S/C27H25F6N3O4S/c28-26(29,30)15-8-13-23-19(14-15)24(18-4-1-2-7-22(18)39-23)35-20-5-3-6-21(25(20)37)36-41(34,38)17-11-9-16(10-12-17)40-27(31,32)33/h1-2,4,7-14,20-21,24-25,35,37H,3,5-6H2,(H2,34,36,38). The van der Waals surface area contributed by atoms with E-state index in [1.54, 1.807) is 24.3 Å². The maximum Gasteiger partial charge on any atom is 0.573 e. The third kappa shape index (κ3) is 6.45. The van der Waals surface area contributed by atoms with Crippen LogP contribution in [0.25, 0.3) is 0 Å². The van der Waals surface area contributed by atoms with Gasteiger partial charge in [-0.05, 0) is 61.4 Å². The number of fused-ring (bicyclic) bond motifs is 2. The van der Waals surface area contributed by atoms with Gasteiger partial charge < -0.3 is 19.9 Å². The van der Waals surface area contributed by atoms with Crippen molar-refractivity contribution in [2.75, 3.05) is 0 Å². The van der Waals surface area contributed by atoms with Gasteiger partial charge in [-0.15, -0.1) is 13.2 Å². The van der Waals surface area contributed by atoms with Gasteiger partial charge in [0.05, 0.1) is 22.6 Å². The van der Waals surface area contributed by atoms with Crippen LogP contribution in [0.4, 0.5) is 26.3 Å². The van der Waals surface area contributed by atoms with E-state index in [0.29, 0.717) is 30.6 Å². The zero-order valence-electron chi connectivity index (χ0n) is 21.1. The van der Waals surface area contributed by atoms with Gasteiger partial charge >= 0.3 is 12.5 Å². The van der Waals surface area contributed by atoms with E-state index in [1.807, 2.05) is 0 Å². The van der Waals surface area contributed by atoms with Crippen molar-refractivity contribution in [1.82, 2.24) is 10.0 Å². The molecule has 0 amide bonds. The average Bonchev–Trinajstić information content (AvgIpc) is 2.89. The summed E-state index contributed by atoms with van der Waals surface area (Å²) >= 11 is 0. The summed E-state index contributed by atoms with van der Waals surface area (Å²) in [4.78, 5) is -0.110. The maximum atomic E-state index is 13.5. The molecule has 1 saturated carbocycles. The van der Waals surface area contributed by atoms with Gasteiger partial charge in [-0.1, -0.05) is 24.6 Å². The highest BCUT2D eigenvalue weighted by molar-refractivity contribution is 7.90. The van der Waals surface area contributed by atoms with Crippen LogP contribution in [0, 0.1) is 4.78 Å². The Kier molecular flexibility index (Phi) is 7.70. The number of ether oxygens (including phenoxy) is 2. The quantitative estimate of drug-likeness (QED) is 0.249. The van der Waals surface area contributed by atoms with Crippen molar-refractivity contribution in [3.05, 3.63) is 83.4 Å². The molecule has 1 heterocycles. The van der Waals surface area contributed by atoms with E-state index in [0.717, 1.165) is 36.4 Å². The number of rotatable bonds is 6. The van der Waals surface area contributed by atoms with Crippen LogP contribution >= 0.6 is 0 Å². The second-order valence-corrected chi connectivity index (χ2v) is 11.6. The molecule has 7 nitrogen and oxygen atoms in total. The number of nitrogens with one attached hydrogen (secondary N) is 3. The fourth-order valence-corrected chi connectivity index (χ4v) is 6.48. The molecule has 3 aromatic carbocycles. The molecular weight excluding hydrogens is 576 g/mol. The van der Waals surface area contributed by atoms with Gasteiger partial charge in [0.1, 0.15) is 27.2 Å². The normalized spacial score (nSPS) is 24.0. The number of benzene rings is 3. The molecule has 1 aliphatic heterocycles. The molecule has 2 aliphatic rings. The number of aliphatic hydroxyl groups is 1. The van der Waals surface area contributed by atoms with Crippen LogP contribution in [0.1, 0.15) is 42.0 Å². The maximum absolute atomic E-state index is 13.5. The third-order valence-electron chi connectivity index (χ3n) is 7.04. The van der Waals surface area contributed by atoms with E-state index in [9.17, 15) is 35.7 Å². The first kappa shape index (κ1) is 29.2. The number of aliphatic hydroxyl groups excluding tert-OH is 1. The highest BCUT2D eigenvalue weighted by Gasteiger charge is 2.39. The monoisotopic (exact) mass is 601 g/mol. The molecule has 5 atom stereocenters. The summed E-state index contributed by atoms with van der Waals surface area (Å²) in [6.07, 6.45) is -9.38. The number of hydrogen-bond donors (Lipinski definition) is 4. The van der Waals surface area contributed by atoms with Gasteiger partial charge in [-0.25, -0.2) is 13.7 Å². The number of alkyl halides is 6. The van der Waals surface area contributed by atoms with E-state index in [1.165, 1.54) is 6.07 Å². The van der Waals surface area contributed by atoms with Crippen molar-refractivity contribution in [3.8, 4) is 17.2 Å². The van der Waals surface area contributed by atoms with Gasteiger partial charge in [0.2, 0.25) is 0 Å². The number of para-hydroxylation sites is 1. The van der Waals surface area contributed by atoms with E-state index in [4.69, 9.17) is 9.52 Å². The predicted molar refractivity (Wildman–Crippen MR) is 136 cm³/mol. The van der Waals surface area contributed by atoms with Crippen LogP contribution in [0.2, 0.25) is 0 Å². The Morgan fingerprint density at radius 1 is 0.902 bits per heavy atom. The Labute approximate surface area is 231 Å². The van der Waals surface area contributed by atoms with Gasteiger partial charge in [-0.3, -0.25) is 0 Å². The lowest BCUT2D eigenvalue weighted by atomic mass is 9.86. The minimum absolute atomic E-state index is 0.110.